The first-order valence-corrected chi connectivity index (χ1v) is 15.0. The Bertz CT molecular complexity index is 1710. The Kier molecular flexibility index (Phi) is 8.21. The summed E-state index contributed by atoms with van der Waals surface area (Å²) >= 11 is 6.25. The van der Waals surface area contributed by atoms with Crippen molar-refractivity contribution in [2.75, 3.05) is 26.7 Å². The molecule has 0 fully saturated rings. The van der Waals surface area contributed by atoms with Gasteiger partial charge in [0.2, 0.25) is 9.84 Å². The van der Waals surface area contributed by atoms with Gasteiger partial charge in [-0.2, -0.15) is 5.10 Å². The van der Waals surface area contributed by atoms with E-state index in [0.29, 0.717) is 40.2 Å². The van der Waals surface area contributed by atoms with Crippen molar-refractivity contribution < 1.29 is 13.2 Å². The van der Waals surface area contributed by atoms with E-state index in [1.165, 1.54) is 0 Å². The number of rotatable bonds is 11. The minimum Gasteiger partial charge on any atom is -0.490 e. The summed E-state index contributed by atoms with van der Waals surface area (Å²) in [5.74, 6) is 0.602. The van der Waals surface area contributed by atoms with Gasteiger partial charge in [-0.1, -0.05) is 79.5 Å². The highest BCUT2D eigenvalue weighted by Crippen LogP contribution is 2.35. The summed E-state index contributed by atoms with van der Waals surface area (Å²) in [5, 5.41) is 7.39. The van der Waals surface area contributed by atoms with Crippen LogP contribution >= 0.6 is 11.6 Å². The van der Waals surface area contributed by atoms with Gasteiger partial charge in [-0.3, -0.25) is 4.68 Å². The molecule has 5 rings (SSSR count). The normalized spacial score (nSPS) is 12.0. The fraction of sp³-hybridized carbons (Fsp3) is 0.258. The highest BCUT2D eigenvalue weighted by molar-refractivity contribution is 7.91. The molecule has 0 spiro atoms. The maximum absolute atomic E-state index is 14.2. The van der Waals surface area contributed by atoms with Crippen LogP contribution in [0.5, 0.6) is 5.75 Å². The maximum atomic E-state index is 14.2. The molecule has 0 aliphatic rings. The number of unbranched alkanes of at least 4 members (excludes halogenated alkanes) is 1. The zero-order valence-corrected chi connectivity index (χ0v) is 23.8. The SMILES string of the molecule is CCCCN(C)CCOc1cccc2c(S(=O)(=O)c3cccc4ccccc34)nn(Cc3cccc(Cl)c3)c12. The van der Waals surface area contributed by atoms with Gasteiger partial charge in [-0.25, -0.2) is 8.42 Å². The van der Waals surface area contributed by atoms with Gasteiger partial charge in [0, 0.05) is 22.3 Å². The fourth-order valence-corrected chi connectivity index (χ4v) is 6.61. The number of hydrogen-bond donors (Lipinski definition) is 0. The number of nitrogens with zero attached hydrogens (tertiary/aromatic N) is 3. The van der Waals surface area contributed by atoms with Crippen LogP contribution in [0.25, 0.3) is 21.7 Å². The van der Waals surface area contributed by atoms with Crippen molar-refractivity contribution >= 4 is 43.1 Å². The molecule has 0 N–H and O–H groups in total. The molecule has 5 aromatic rings. The molecule has 0 aliphatic carbocycles. The Morgan fingerprint density at radius 2 is 1.67 bits per heavy atom. The summed E-state index contributed by atoms with van der Waals surface area (Å²) in [6, 6.07) is 25.8. The monoisotopic (exact) mass is 561 g/mol. The second-order valence-corrected chi connectivity index (χ2v) is 12.0. The molecule has 0 amide bonds. The molecule has 0 unspecified atom stereocenters. The molecule has 4 aromatic carbocycles. The lowest BCUT2D eigenvalue weighted by atomic mass is 10.1. The van der Waals surface area contributed by atoms with E-state index in [-0.39, 0.29) is 9.92 Å². The van der Waals surface area contributed by atoms with E-state index in [4.69, 9.17) is 21.4 Å². The molecule has 0 radical (unpaired) electrons. The number of fused-ring (bicyclic) bond motifs is 2. The first kappa shape index (κ1) is 27.2. The van der Waals surface area contributed by atoms with E-state index < -0.39 is 9.84 Å². The molecular formula is C31H32ClN3O3S. The number of ether oxygens (including phenoxy) is 1. The summed E-state index contributed by atoms with van der Waals surface area (Å²) in [5.41, 5.74) is 1.56. The summed E-state index contributed by atoms with van der Waals surface area (Å²) in [6.45, 7) is 4.77. The van der Waals surface area contributed by atoms with Gasteiger partial charge in [0.1, 0.15) is 17.9 Å². The molecule has 0 aliphatic heterocycles. The Morgan fingerprint density at radius 3 is 2.49 bits per heavy atom. The first-order chi connectivity index (χ1) is 18.9. The van der Waals surface area contributed by atoms with Gasteiger partial charge in [0.25, 0.3) is 0 Å². The van der Waals surface area contributed by atoms with Gasteiger partial charge in [0.15, 0.2) is 5.03 Å². The van der Waals surface area contributed by atoms with Crippen LogP contribution in [0.4, 0.5) is 0 Å². The molecule has 39 heavy (non-hydrogen) atoms. The van der Waals surface area contributed by atoms with Gasteiger partial charge in [0.05, 0.1) is 11.4 Å². The summed E-state index contributed by atoms with van der Waals surface area (Å²) < 4.78 is 36.3. The van der Waals surface area contributed by atoms with Crippen LogP contribution < -0.4 is 4.74 Å². The smallest absolute Gasteiger partial charge is 0.226 e. The second-order valence-electron chi connectivity index (χ2n) is 9.73. The Morgan fingerprint density at radius 1 is 0.923 bits per heavy atom. The number of hydrogen-bond acceptors (Lipinski definition) is 5. The molecule has 8 heteroatoms. The van der Waals surface area contributed by atoms with Crippen molar-refractivity contribution in [3.63, 3.8) is 0 Å². The van der Waals surface area contributed by atoms with Gasteiger partial charge < -0.3 is 9.64 Å². The lowest BCUT2D eigenvalue weighted by molar-refractivity contribution is 0.236. The summed E-state index contributed by atoms with van der Waals surface area (Å²) in [7, 11) is -1.87. The van der Waals surface area contributed by atoms with Gasteiger partial charge >= 0.3 is 0 Å². The maximum Gasteiger partial charge on any atom is 0.226 e. The predicted molar refractivity (Wildman–Crippen MR) is 158 cm³/mol. The zero-order valence-electron chi connectivity index (χ0n) is 22.2. The van der Waals surface area contributed by atoms with Crippen molar-refractivity contribution in [3.05, 3.63) is 95.5 Å². The van der Waals surface area contributed by atoms with Crippen molar-refractivity contribution in [1.82, 2.24) is 14.7 Å². The highest BCUT2D eigenvalue weighted by Gasteiger charge is 2.28. The van der Waals surface area contributed by atoms with E-state index >= 15 is 0 Å². The van der Waals surface area contributed by atoms with E-state index in [9.17, 15) is 8.42 Å². The number of aromatic nitrogens is 2. The van der Waals surface area contributed by atoms with Crippen LogP contribution in [-0.2, 0) is 16.4 Å². The lowest BCUT2D eigenvalue weighted by Gasteiger charge is -2.17. The quantitative estimate of drug-likeness (QED) is 0.177. The highest BCUT2D eigenvalue weighted by atomic mass is 35.5. The third-order valence-corrected chi connectivity index (χ3v) is 8.82. The number of halogens is 1. The average molecular weight is 562 g/mol. The van der Waals surface area contributed by atoms with Gasteiger partial charge in [-0.05, 0) is 61.3 Å². The number of para-hydroxylation sites is 1. The zero-order chi connectivity index (χ0) is 27.4. The van der Waals surface area contributed by atoms with Crippen LogP contribution in [0.15, 0.2) is 94.9 Å². The van der Waals surface area contributed by atoms with Gasteiger partial charge in [-0.15, -0.1) is 0 Å². The van der Waals surface area contributed by atoms with Crippen LogP contribution in [0, 0.1) is 0 Å². The molecular weight excluding hydrogens is 530 g/mol. The summed E-state index contributed by atoms with van der Waals surface area (Å²) in [4.78, 5) is 2.47. The molecule has 0 bridgehead atoms. The van der Waals surface area contributed by atoms with Crippen LogP contribution in [0.2, 0.25) is 5.02 Å². The molecule has 0 atom stereocenters. The standard InChI is InChI=1S/C31H32ClN3O3S/c1-3-4-18-34(2)19-20-38-28-16-9-15-27-30(28)35(22-23-10-7-13-25(32)21-23)33-31(27)39(36,37)29-17-8-12-24-11-5-6-14-26(24)29/h5-17,21H,3-4,18-20,22H2,1-2H3. The molecule has 6 nitrogen and oxygen atoms in total. The van der Waals surface area contributed by atoms with Crippen molar-refractivity contribution in [3.8, 4) is 5.75 Å². The third kappa shape index (κ3) is 5.81. The van der Waals surface area contributed by atoms with Crippen LogP contribution in [0.3, 0.4) is 0 Å². The average Bonchev–Trinajstić information content (AvgIpc) is 3.31. The molecule has 0 saturated carbocycles. The van der Waals surface area contributed by atoms with E-state index in [2.05, 4.69) is 18.9 Å². The van der Waals surface area contributed by atoms with Crippen molar-refractivity contribution in [2.45, 2.75) is 36.2 Å². The predicted octanol–water partition coefficient (Wildman–Crippen LogP) is 6.83. The molecule has 202 valence electrons. The second kappa shape index (κ2) is 11.8. The number of benzene rings is 4. The van der Waals surface area contributed by atoms with E-state index in [1.807, 2.05) is 66.7 Å². The largest absolute Gasteiger partial charge is 0.490 e. The van der Waals surface area contributed by atoms with Crippen molar-refractivity contribution in [2.24, 2.45) is 0 Å². The number of sulfone groups is 1. The molecule has 0 saturated heterocycles. The van der Waals surface area contributed by atoms with Crippen LogP contribution in [-0.4, -0.2) is 49.8 Å². The topological polar surface area (TPSA) is 64.4 Å². The minimum atomic E-state index is -3.95. The van der Waals surface area contributed by atoms with E-state index in [0.717, 1.165) is 36.9 Å². The lowest BCUT2D eigenvalue weighted by Crippen LogP contribution is -2.25. The summed E-state index contributed by atoms with van der Waals surface area (Å²) in [6.07, 6.45) is 2.27. The molecule has 1 heterocycles. The van der Waals surface area contributed by atoms with E-state index in [1.54, 1.807) is 22.9 Å². The minimum absolute atomic E-state index is 0.0152. The number of likely N-dealkylation sites (N-methyl/N-ethyl adjacent to an activating group) is 1. The Labute approximate surface area is 234 Å². The van der Waals surface area contributed by atoms with Crippen molar-refractivity contribution in [1.29, 1.82) is 0 Å². The first-order valence-electron chi connectivity index (χ1n) is 13.2. The Balaban J connectivity index is 1.60. The third-order valence-electron chi connectivity index (χ3n) is 6.84. The fourth-order valence-electron chi connectivity index (χ4n) is 4.80. The molecule has 1 aromatic heterocycles. The van der Waals surface area contributed by atoms with Crippen LogP contribution in [0.1, 0.15) is 25.3 Å². The Hall–Kier alpha value is -3.39.